The molecule has 22 heavy (non-hydrogen) atoms. The van der Waals surface area contributed by atoms with Gasteiger partial charge in [-0.05, 0) is 60.7 Å². The number of nitrogens with one attached hydrogen (secondary N) is 1. The average molecular weight is 426 g/mol. The Bertz CT molecular complexity index is 834. The van der Waals surface area contributed by atoms with Gasteiger partial charge in [0.15, 0.2) is 0 Å². The van der Waals surface area contributed by atoms with E-state index in [4.69, 9.17) is 0 Å². The normalized spacial score (nSPS) is 10.7. The van der Waals surface area contributed by atoms with Crippen molar-refractivity contribution in [3.05, 3.63) is 50.6 Å². The van der Waals surface area contributed by atoms with Gasteiger partial charge in [-0.1, -0.05) is 0 Å². The van der Waals surface area contributed by atoms with E-state index in [2.05, 4.69) is 42.9 Å². The van der Waals surface area contributed by atoms with Crippen molar-refractivity contribution >= 4 is 45.6 Å². The second-order valence-corrected chi connectivity index (χ2v) is 7.11. The van der Waals surface area contributed by atoms with E-state index in [9.17, 15) is 4.39 Å². The molecule has 0 spiro atoms. The maximum Gasteiger partial charge on any atom is 0.227 e. The quantitative estimate of drug-likeness (QED) is 0.617. The van der Waals surface area contributed by atoms with Crippen LogP contribution in [0.5, 0.6) is 0 Å². The molecule has 0 saturated heterocycles. The third-order valence-corrected chi connectivity index (χ3v) is 4.74. The predicted octanol–water partition coefficient (Wildman–Crippen LogP) is 4.70. The van der Waals surface area contributed by atoms with E-state index in [1.165, 1.54) is 6.07 Å². The molecular formula is C15H12FIN4S. The van der Waals surface area contributed by atoms with Crippen molar-refractivity contribution < 1.29 is 4.39 Å². The van der Waals surface area contributed by atoms with Gasteiger partial charge < -0.3 is 5.32 Å². The first-order chi connectivity index (χ1) is 10.5. The third-order valence-electron chi connectivity index (χ3n) is 2.97. The molecule has 3 aromatic rings. The van der Waals surface area contributed by atoms with Crippen molar-refractivity contribution in [2.24, 2.45) is 0 Å². The van der Waals surface area contributed by atoms with Gasteiger partial charge in [0.2, 0.25) is 5.95 Å². The van der Waals surface area contributed by atoms with Gasteiger partial charge in [-0.3, -0.25) is 0 Å². The molecule has 0 bridgehead atoms. The topological polar surface area (TPSA) is 50.7 Å². The lowest BCUT2D eigenvalue weighted by atomic mass is 10.3. The van der Waals surface area contributed by atoms with Crippen molar-refractivity contribution in [2.75, 3.05) is 5.32 Å². The molecule has 0 aliphatic rings. The van der Waals surface area contributed by atoms with Gasteiger partial charge in [0.05, 0.1) is 27.0 Å². The summed E-state index contributed by atoms with van der Waals surface area (Å²) >= 11 is 3.65. The van der Waals surface area contributed by atoms with Gasteiger partial charge in [0.25, 0.3) is 0 Å². The smallest absolute Gasteiger partial charge is 0.227 e. The molecule has 0 fully saturated rings. The molecule has 0 saturated carbocycles. The maximum absolute atomic E-state index is 13.9. The molecular weight excluding hydrogens is 414 g/mol. The minimum atomic E-state index is -0.328. The zero-order valence-electron chi connectivity index (χ0n) is 11.9. The summed E-state index contributed by atoms with van der Waals surface area (Å²) in [5.74, 6) is 0.0359. The lowest BCUT2D eigenvalue weighted by Gasteiger charge is -2.07. The van der Waals surface area contributed by atoms with Crippen molar-refractivity contribution in [1.29, 1.82) is 0 Å². The Morgan fingerprint density at radius 2 is 2.00 bits per heavy atom. The Kier molecular flexibility index (Phi) is 4.34. The first-order valence-corrected chi connectivity index (χ1v) is 8.42. The van der Waals surface area contributed by atoms with Crippen LogP contribution in [0.15, 0.2) is 30.5 Å². The SMILES string of the molecule is Cc1nc(C)c(-c2ccnc(Nc3ccc(I)cc3F)n2)s1. The lowest BCUT2D eigenvalue weighted by Crippen LogP contribution is -2.00. The molecule has 2 aromatic heterocycles. The third kappa shape index (κ3) is 3.25. The molecule has 0 aliphatic carbocycles. The molecule has 4 nitrogen and oxygen atoms in total. The molecule has 1 aromatic carbocycles. The number of aryl methyl sites for hydroxylation is 2. The van der Waals surface area contributed by atoms with E-state index in [1.807, 2.05) is 26.0 Å². The van der Waals surface area contributed by atoms with Crippen molar-refractivity contribution in [3.8, 4) is 10.6 Å². The standard InChI is InChI=1S/C15H12FIN4S/c1-8-14(22-9(2)19-8)13-5-6-18-15(21-13)20-12-4-3-10(17)7-11(12)16/h3-7H,1-2H3,(H,18,20,21). The molecule has 112 valence electrons. The second-order valence-electron chi connectivity index (χ2n) is 4.66. The van der Waals surface area contributed by atoms with E-state index < -0.39 is 0 Å². The second kappa shape index (κ2) is 6.25. The van der Waals surface area contributed by atoms with E-state index in [0.717, 1.165) is 24.8 Å². The number of thiazole rings is 1. The molecule has 0 amide bonds. The Hall–Kier alpha value is -1.61. The fraction of sp³-hybridized carbons (Fsp3) is 0.133. The summed E-state index contributed by atoms with van der Waals surface area (Å²) in [6.07, 6.45) is 1.66. The zero-order chi connectivity index (χ0) is 15.7. The first kappa shape index (κ1) is 15.3. The van der Waals surface area contributed by atoms with Crippen LogP contribution in [0.3, 0.4) is 0 Å². The summed E-state index contributed by atoms with van der Waals surface area (Å²) in [5, 5.41) is 3.91. The number of benzene rings is 1. The summed E-state index contributed by atoms with van der Waals surface area (Å²) in [6.45, 7) is 3.91. The molecule has 1 N–H and O–H groups in total. The monoisotopic (exact) mass is 426 g/mol. The van der Waals surface area contributed by atoms with Crippen molar-refractivity contribution in [3.63, 3.8) is 0 Å². The van der Waals surface area contributed by atoms with Crippen LogP contribution < -0.4 is 5.32 Å². The summed E-state index contributed by atoms with van der Waals surface area (Å²) in [6, 6.07) is 6.79. The molecule has 0 unspecified atom stereocenters. The van der Waals surface area contributed by atoms with E-state index in [0.29, 0.717) is 11.6 Å². The summed E-state index contributed by atoms with van der Waals surface area (Å²) in [7, 11) is 0. The Morgan fingerprint density at radius 1 is 1.18 bits per heavy atom. The first-order valence-electron chi connectivity index (χ1n) is 6.52. The molecule has 0 radical (unpaired) electrons. The van der Waals surface area contributed by atoms with Crippen LogP contribution in [0, 0.1) is 23.2 Å². The molecule has 0 aliphatic heterocycles. The zero-order valence-corrected chi connectivity index (χ0v) is 14.9. The van der Waals surface area contributed by atoms with Gasteiger partial charge in [-0.2, -0.15) is 0 Å². The van der Waals surface area contributed by atoms with Crippen LogP contribution in [-0.2, 0) is 0 Å². The molecule has 0 atom stereocenters. The minimum Gasteiger partial charge on any atom is -0.322 e. The largest absolute Gasteiger partial charge is 0.322 e. The fourth-order valence-corrected chi connectivity index (χ4v) is 3.37. The summed E-state index contributed by atoms with van der Waals surface area (Å²) in [4.78, 5) is 14.0. The highest BCUT2D eigenvalue weighted by atomic mass is 127. The predicted molar refractivity (Wildman–Crippen MR) is 95.0 cm³/mol. The van der Waals surface area contributed by atoms with Crippen LogP contribution in [0.25, 0.3) is 10.6 Å². The van der Waals surface area contributed by atoms with Crippen LogP contribution >= 0.6 is 33.9 Å². The van der Waals surface area contributed by atoms with Crippen LogP contribution in [0.4, 0.5) is 16.0 Å². The van der Waals surface area contributed by atoms with Crippen LogP contribution in [0.1, 0.15) is 10.7 Å². The van der Waals surface area contributed by atoms with Gasteiger partial charge in [0.1, 0.15) is 5.82 Å². The number of rotatable bonds is 3. The van der Waals surface area contributed by atoms with Crippen LogP contribution in [0.2, 0.25) is 0 Å². The number of nitrogens with zero attached hydrogens (tertiary/aromatic N) is 3. The van der Waals surface area contributed by atoms with Gasteiger partial charge in [-0.25, -0.2) is 19.3 Å². The van der Waals surface area contributed by atoms with E-state index >= 15 is 0 Å². The Morgan fingerprint density at radius 3 is 2.68 bits per heavy atom. The number of hydrogen-bond acceptors (Lipinski definition) is 5. The van der Waals surface area contributed by atoms with Crippen LogP contribution in [-0.4, -0.2) is 15.0 Å². The average Bonchev–Trinajstić information content (AvgIpc) is 2.81. The fourth-order valence-electron chi connectivity index (χ4n) is 2.03. The minimum absolute atomic E-state index is 0.328. The number of aromatic nitrogens is 3. The van der Waals surface area contributed by atoms with E-state index in [-0.39, 0.29) is 5.82 Å². The van der Waals surface area contributed by atoms with Gasteiger partial charge >= 0.3 is 0 Å². The van der Waals surface area contributed by atoms with Crippen molar-refractivity contribution in [1.82, 2.24) is 15.0 Å². The Balaban J connectivity index is 1.93. The van der Waals surface area contributed by atoms with E-state index in [1.54, 1.807) is 23.6 Å². The van der Waals surface area contributed by atoms with Gasteiger partial charge in [0, 0.05) is 9.77 Å². The maximum atomic E-state index is 13.9. The highest BCUT2D eigenvalue weighted by Gasteiger charge is 2.11. The lowest BCUT2D eigenvalue weighted by molar-refractivity contribution is 0.630. The molecule has 7 heteroatoms. The molecule has 3 rings (SSSR count). The number of hydrogen-bond donors (Lipinski definition) is 1. The summed E-state index contributed by atoms with van der Waals surface area (Å²) < 4.78 is 14.7. The Labute approximate surface area is 145 Å². The number of halogens is 2. The highest BCUT2D eigenvalue weighted by molar-refractivity contribution is 14.1. The summed E-state index contributed by atoms with van der Waals surface area (Å²) in [5.41, 5.74) is 2.08. The molecule has 2 heterocycles. The van der Waals surface area contributed by atoms with Gasteiger partial charge in [-0.15, -0.1) is 11.3 Å². The number of anilines is 2. The van der Waals surface area contributed by atoms with Crippen molar-refractivity contribution in [2.45, 2.75) is 13.8 Å². The highest BCUT2D eigenvalue weighted by Crippen LogP contribution is 2.29.